The van der Waals surface area contributed by atoms with Gasteiger partial charge in [0.1, 0.15) is 22.1 Å². The van der Waals surface area contributed by atoms with Crippen molar-refractivity contribution < 1.29 is 48.3 Å². The van der Waals surface area contributed by atoms with Crippen molar-refractivity contribution in [2.24, 2.45) is 5.92 Å². The van der Waals surface area contributed by atoms with E-state index in [-0.39, 0.29) is 59.6 Å². The third-order valence-electron chi connectivity index (χ3n) is 8.96. The Labute approximate surface area is 276 Å². The topological polar surface area (TPSA) is 150 Å². The van der Waals surface area contributed by atoms with E-state index in [2.05, 4.69) is 5.32 Å². The van der Waals surface area contributed by atoms with Crippen LogP contribution in [0, 0.1) is 5.92 Å². The van der Waals surface area contributed by atoms with Crippen LogP contribution in [0.4, 0.5) is 0 Å². The molecule has 12 heteroatoms. The van der Waals surface area contributed by atoms with Gasteiger partial charge < -0.3 is 39.2 Å². The van der Waals surface area contributed by atoms with Crippen molar-refractivity contribution >= 4 is 29.1 Å². The summed E-state index contributed by atoms with van der Waals surface area (Å²) in [4.78, 5) is 41.9. The molecule has 2 heterocycles. The fourth-order valence-corrected chi connectivity index (χ4v) is 6.85. The van der Waals surface area contributed by atoms with Gasteiger partial charge in [0.2, 0.25) is 24.1 Å². The second kappa shape index (κ2) is 12.8. The molecule has 0 fully saturated rings. The van der Waals surface area contributed by atoms with Gasteiger partial charge in [-0.15, -0.1) is 0 Å². The van der Waals surface area contributed by atoms with Gasteiger partial charge in [-0.05, 0) is 29.7 Å². The lowest BCUT2D eigenvalue weighted by Gasteiger charge is -2.38. The molecule has 0 bridgehead atoms. The molecule has 11 nitrogen and oxygen atoms in total. The van der Waals surface area contributed by atoms with Gasteiger partial charge in [0.05, 0.1) is 26.9 Å². The molecule has 3 aliphatic rings. The van der Waals surface area contributed by atoms with Crippen LogP contribution in [0.25, 0.3) is 0 Å². The minimum atomic E-state index is -2.03. The van der Waals surface area contributed by atoms with Crippen LogP contribution >= 0.6 is 11.6 Å². The molecule has 3 N–H and O–H groups in total. The summed E-state index contributed by atoms with van der Waals surface area (Å²) in [5.41, 5.74) is -0.785. The Balaban J connectivity index is 1.43. The first-order chi connectivity index (χ1) is 22.6. The molecular weight excluding hydrogens is 630 g/mol. The van der Waals surface area contributed by atoms with Crippen LogP contribution in [0.3, 0.4) is 0 Å². The van der Waals surface area contributed by atoms with Gasteiger partial charge in [0.25, 0.3) is 0 Å². The number of benzene rings is 3. The predicted molar refractivity (Wildman–Crippen MR) is 170 cm³/mol. The molecule has 0 radical (unpaired) electrons. The van der Waals surface area contributed by atoms with Gasteiger partial charge in [-0.25, -0.2) is 0 Å². The monoisotopic (exact) mass is 663 g/mol. The molecular formula is C35H34ClNO10. The standard InChI is InChI=1S/C35H34ClNO10/c1-18-11-23(39)29(33(41)35(18)34(42)30-26(43-2)15-27(44-3)31(36)32(30)47-35)22(20-9-10-24-25(13-20)46-17-45-24)14-28(40)37-21(16-38)12-19-7-5-4-6-8-19/h4-10,13,15,18,21-22,38,41H,11-12,14,16-17H2,1-3H3,(H,37,40)/t18-,21-,22?,35+/m1/s1. The molecule has 0 aromatic heterocycles. The molecule has 6 rings (SSSR count). The number of carbonyl (C=O) groups is 3. The zero-order valence-electron chi connectivity index (χ0n) is 26.0. The number of nitrogens with one attached hydrogen (secondary N) is 1. The zero-order chi connectivity index (χ0) is 33.5. The van der Waals surface area contributed by atoms with Crippen molar-refractivity contribution in [2.75, 3.05) is 27.6 Å². The molecule has 1 amide bonds. The summed E-state index contributed by atoms with van der Waals surface area (Å²) in [5, 5.41) is 25.1. The summed E-state index contributed by atoms with van der Waals surface area (Å²) in [6.45, 7) is 1.31. The summed E-state index contributed by atoms with van der Waals surface area (Å²) in [6, 6.07) is 15.2. The van der Waals surface area contributed by atoms with Gasteiger partial charge in [-0.1, -0.05) is 54.9 Å². The first-order valence-electron chi connectivity index (χ1n) is 15.1. The largest absolute Gasteiger partial charge is 0.507 e. The molecule has 47 heavy (non-hydrogen) atoms. The lowest BCUT2D eigenvalue weighted by molar-refractivity contribution is -0.122. The second-order valence-corrected chi connectivity index (χ2v) is 12.1. The summed E-state index contributed by atoms with van der Waals surface area (Å²) in [6.07, 6.45) is -0.108. The van der Waals surface area contributed by atoms with Crippen LogP contribution in [0.5, 0.6) is 28.7 Å². The van der Waals surface area contributed by atoms with E-state index in [4.69, 9.17) is 35.3 Å². The van der Waals surface area contributed by atoms with E-state index in [0.717, 1.165) is 5.56 Å². The Morgan fingerprint density at radius 3 is 2.49 bits per heavy atom. The van der Waals surface area contributed by atoms with E-state index in [1.165, 1.54) is 20.3 Å². The fraction of sp³-hybridized carbons (Fsp3) is 0.343. The number of ether oxygens (including phenoxy) is 5. The Bertz CT molecular complexity index is 1770. The molecule has 1 aliphatic carbocycles. The number of ketones is 2. The van der Waals surface area contributed by atoms with Crippen LogP contribution in [-0.2, 0) is 16.0 Å². The minimum Gasteiger partial charge on any atom is -0.507 e. The first kappa shape index (κ1) is 32.2. The highest BCUT2D eigenvalue weighted by Crippen LogP contribution is 2.56. The number of aliphatic hydroxyl groups excluding tert-OH is 2. The molecule has 1 spiro atoms. The van der Waals surface area contributed by atoms with Crippen LogP contribution in [0.15, 0.2) is 65.9 Å². The Morgan fingerprint density at radius 1 is 1.06 bits per heavy atom. The number of halogens is 1. The SMILES string of the molecule is COc1cc(OC)c2c(c1Cl)O[C@]1(C2=O)C(O)=C(C(CC(=O)N[C@@H](CO)Cc2ccccc2)c2ccc3c(c2)OCO3)C(=O)C[C@H]1C. The maximum absolute atomic E-state index is 14.3. The Morgan fingerprint density at radius 2 is 1.79 bits per heavy atom. The summed E-state index contributed by atoms with van der Waals surface area (Å²) in [5.74, 6) is -2.88. The number of methoxy groups -OCH3 is 2. The number of hydrogen-bond acceptors (Lipinski definition) is 10. The summed E-state index contributed by atoms with van der Waals surface area (Å²) < 4.78 is 28.2. The maximum Gasteiger partial charge on any atom is 0.231 e. The van der Waals surface area contributed by atoms with Crippen LogP contribution < -0.4 is 29.0 Å². The van der Waals surface area contributed by atoms with Crippen molar-refractivity contribution in [3.8, 4) is 28.7 Å². The summed E-state index contributed by atoms with van der Waals surface area (Å²) in [7, 11) is 2.78. The molecule has 2 aliphatic heterocycles. The van der Waals surface area contributed by atoms with Gasteiger partial charge in [0.15, 0.2) is 28.8 Å². The Hall–Kier alpha value is -4.74. The van der Waals surface area contributed by atoms with E-state index < -0.39 is 46.7 Å². The third kappa shape index (κ3) is 5.53. The average Bonchev–Trinajstić information content (AvgIpc) is 3.67. The number of Topliss-reactive ketones (excluding diaryl/α,β-unsaturated/α-hetero) is 2. The number of amides is 1. The van der Waals surface area contributed by atoms with Crippen molar-refractivity contribution in [3.05, 3.63) is 87.6 Å². The predicted octanol–water partition coefficient (Wildman–Crippen LogP) is 4.71. The van der Waals surface area contributed by atoms with Crippen LogP contribution in [0.2, 0.25) is 5.02 Å². The van der Waals surface area contributed by atoms with E-state index >= 15 is 0 Å². The van der Waals surface area contributed by atoms with E-state index in [9.17, 15) is 24.6 Å². The number of aliphatic hydroxyl groups is 2. The molecule has 1 unspecified atom stereocenters. The van der Waals surface area contributed by atoms with Crippen LogP contribution in [0.1, 0.15) is 47.2 Å². The van der Waals surface area contributed by atoms with E-state index in [1.54, 1.807) is 25.1 Å². The van der Waals surface area contributed by atoms with Gasteiger partial charge in [-0.2, -0.15) is 0 Å². The Kier molecular flexibility index (Phi) is 8.78. The number of allylic oxidation sites excluding steroid dienone is 1. The molecule has 0 saturated heterocycles. The number of carbonyl (C=O) groups excluding carboxylic acids is 3. The lowest BCUT2D eigenvalue weighted by atomic mass is 9.69. The minimum absolute atomic E-state index is 0.00175. The molecule has 246 valence electrons. The normalized spacial score (nSPS) is 20.9. The first-order valence-corrected chi connectivity index (χ1v) is 15.5. The van der Waals surface area contributed by atoms with Gasteiger partial charge in [0, 0.05) is 36.3 Å². The molecule has 0 saturated carbocycles. The molecule has 4 atom stereocenters. The van der Waals surface area contributed by atoms with Crippen molar-refractivity contribution in [3.63, 3.8) is 0 Å². The average molecular weight is 664 g/mol. The van der Waals surface area contributed by atoms with Crippen molar-refractivity contribution in [1.82, 2.24) is 5.32 Å². The van der Waals surface area contributed by atoms with Crippen molar-refractivity contribution in [1.29, 1.82) is 0 Å². The number of fused-ring (bicyclic) bond motifs is 2. The quantitative estimate of drug-likeness (QED) is 0.278. The van der Waals surface area contributed by atoms with Crippen LogP contribution in [-0.4, -0.2) is 66.9 Å². The lowest BCUT2D eigenvalue weighted by Crippen LogP contribution is -2.53. The number of rotatable bonds is 10. The highest BCUT2D eigenvalue weighted by molar-refractivity contribution is 6.35. The smallest absolute Gasteiger partial charge is 0.231 e. The fourth-order valence-electron chi connectivity index (χ4n) is 6.59. The second-order valence-electron chi connectivity index (χ2n) is 11.8. The highest BCUT2D eigenvalue weighted by atomic mass is 35.5. The van der Waals surface area contributed by atoms with Gasteiger partial charge in [-0.3, -0.25) is 14.4 Å². The molecule has 3 aromatic rings. The zero-order valence-corrected chi connectivity index (χ0v) is 26.8. The number of hydrogen-bond donors (Lipinski definition) is 3. The molecule has 3 aromatic carbocycles. The van der Waals surface area contributed by atoms with E-state index in [0.29, 0.717) is 23.5 Å². The summed E-state index contributed by atoms with van der Waals surface area (Å²) >= 11 is 6.59. The highest BCUT2D eigenvalue weighted by Gasteiger charge is 2.61. The van der Waals surface area contributed by atoms with Crippen molar-refractivity contribution in [2.45, 2.75) is 43.7 Å². The third-order valence-corrected chi connectivity index (χ3v) is 9.32. The van der Waals surface area contributed by atoms with E-state index in [1.807, 2.05) is 30.3 Å². The maximum atomic E-state index is 14.3. The van der Waals surface area contributed by atoms with Gasteiger partial charge >= 0.3 is 0 Å².